The number of rotatable bonds is 9. The van der Waals surface area contributed by atoms with Crippen molar-refractivity contribution in [1.82, 2.24) is 9.13 Å². The number of nitrogens with zero attached hydrogens (tertiary/aromatic N) is 3. The summed E-state index contributed by atoms with van der Waals surface area (Å²) in [7, 11) is 1.37. The molecule has 1 aliphatic heterocycles. The topological polar surface area (TPSA) is 101 Å². The first-order chi connectivity index (χ1) is 23.7. The highest BCUT2D eigenvalue weighted by Gasteiger charge is 2.35. The lowest BCUT2D eigenvalue weighted by atomic mass is 9.93. The molecule has 6 rings (SSSR count). The molecule has 0 unspecified atom stereocenters. The molecule has 49 heavy (non-hydrogen) atoms. The van der Waals surface area contributed by atoms with Crippen molar-refractivity contribution in [3.63, 3.8) is 0 Å². The number of thiazole rings is 1. The number of ether oxygens (including phenoxy) is 3. The lowest BCUT2D eigenvalue weighted by Gasteiger charge is -2.26. The molecule has 0 N–H and O–H groups in total. The molecule has 0 saturated carbocycles. The normalized spacial score (nSPS) is 14.3. The molecule has 0 fully saturated rings. The van der Waals surface area contributed by atoms with E-state index in [1.165, 1.54) is 18.4 Å². The number of carbonyl (C=O) groups excluding carboxylic acids is 2. The predicted octanol–water partition coefficient (Wildman–Crippen LogP) is 5.84. The number of benzene rings is 3. The first kappa shape index (κ1) is 33.4. The molecule has 0 aliphatic carbocycles. The van der Waals surface area contributed by atoms with Crippen LogP contribution in [0.25, 0.3) is 17.5 Å². The number of hydrogen-bond donors (Lipinski definition) is 0. The molecule has 0 bridgehead atoms. The van der Waals surface area contributed by atoms with Gasteiger partial charge in [-0.2, -0.15) is 0 Å². The summed E-state index contributed by atoms with van der Waals surface area (Å²) in [6, 6.07) is 23.7. The van der Waals surface area contributed by atoms with Gasteiger partial charge in [0, 0.05) is 22.6 Å². The molecule has 9 nitrogen and oxygen atoms in total. The highest BCUT2D eigenvalue weighted by molar-refractivity contribution is 7.07. The van der Waals surface area contributed by atoms with Crippen LogP contribution in [0, 0.1) is 20.8 Å². The van der Waals surface area contributed by atoms with E-state index in [1.54, 1.807) is 17.6 Å². The van der Waals surface area contributed by atoms with E-state index in [4.69, 9.17) is 19.2 Å². The Morgan fingerprint density at radius 1 is 0.918 bits per heavy atom. The van der Waals surface area contributed by atoms with Crippen LogP contribution in [0.5, 0.6) is 5.75 Å². The number of aryl methyl sites for hydroxylation is 1. The molecule has 1 atom stereocenters. The second kappa shape index (κ2) is 13.9. The number of methoxy groups -OCH3 is 1. The van der Waals surface area contributed by atoms with Crippen molar-refractivity contribution in [2.45, 2.75) is 40.7 Å². The van der Waals surface area contributed by atoms with Gasteiger partial charge in [0.05, 0.1) is 47.7 Å². The van der Waals surface area contributed by atoms with Crippen LogP contribution >= 0.6 is 11.3 Å². The summed E-state index contributed by atoms with van der Waals surface area (Å²) >= 11 is 1.27. The van der Waals surface area contributed by atoms with Crippen LogP contribution in [0.2, 0.25) is 0 Å². The van der Waals surface area contributed by atoms with Gasteiger partial charge in [-0.1, -0.05) is 59.9 Å². The Balaban J connectivity index is 1.57. The number of carbonyl (C=O) groups is 2. The van der Waals surface area contributed by atoms with Gasteiger partial charge >= 0.3 is 11.9 Å². The van der Waals surface area contributed by atoms with Crippen molar-refractivity contribution in [1.29, 1.82) is 0 Å². The largest absolute Gasteiger partial charge is 0.494 e. The maximum atomic E-state index is 14.4. The van der Waals surface area contributed by atoms with Gasteiger partial charge in [0.1, 0.15) is 5.75 Å². The van der Waals surface area contributed by atoms with E-state index in [9.17, 15) is 14.4 Å². The van der Waals surface area contributed by atoms with E-state index < -0.39 is 18.0 Å². The summed E-state index contributed by atoms with van der Waals surface area (Å²) in [5, 5.41) is 0. The lowest BCUT2D eigenvalue weighted by molar-refractivity contribution is -0.138. The molecule has 250 valence electrons. The average molecular weight is 676 g/mol. The molecule has 2 aromatic heterocycles. The third kappa shape index (κ3) is 6.15. The molecule has 1 aliphatic rings. The van der Waals surface area contributed by atoms with Gasteiger partial charge in [-0.25, -0.2) is 14.6 Å². The fourth-order valence-electron chi connectivity index (χ4n) is 6.31. The van der Waals surface area contributed by atoms with Crippen LogP contribution in [0.4, 0.5) is 0 Å². The van der Waals surface area contributed by atoms with Crippen LogP contribution in [0.1, 0.15) is 63.9 Å². The molecule has 0 saturated heterocycles. The van der Waals surface area contributed by atoms with Gasteiger partial charge in [0.15, 0.2) is 4.80 Å². The number of aromatic nitrogens is 2. The van der Waals surface area contributed by atoms with Crippen LogP contribution in [-0.2, 0) is 14.3 Å². The Morgan fingerprint density at radius 3 is 2.33 bits per heavy atom. The van der Waals surface area contributed by atoms with Crippen LogP contribution in [-0.4, -0.2) is 41.4 Å². The van der Waals surface area contributed by atoms with E-state index >= 15 is 0 Å². The van der Waals surface area contributed by atoms with Crippen molar-refractivity contribution in [2.75, 3.05) is 20.3 Å². The van der Waals surface area contributed by atoms with Crippen molar-refractivity contribution in [3.05, 3.63) is 143 Å². The molecule has 0 radical (unpaired) electrons. The van der Waals surface area contributed by atoms with E-state index in [1.807, 2.05) is 107 Å². The van der Waals surface area contributed by atoms with Gasteiger partial charge in [0.25, 0.3) is 5.56 Å². The molecule has 0 spiro atoms. The predicted molar refractivity (Wildman–Crippen MR) is 190 cm³/mol. The summed E-state index contributed by atoms with van der Waals surface area (Å²) in [5.74, 6) is -0.250. The number of fused-ring (bicyclic) bond motifs is 1. The summed E-state index contributed by atoms with van der Waals surface area (Å²) in [5.41, 5.74) is 6.75. The summed E-state index contributed by atoms with van der Waals surface area (Å²) in [6.45, 7) is 10.2. The maximum absolute atomic E-state index is 14.4. The smallest absolute Gasteiger partial charge is 0.338 e. The first-order valence-electron chi connectivity index (χ1n) is 16.1. The monoisotopic (exact) mass is 675 g/mol. The van der Waals surface area contributed by atoms with E-state index in [0.29, 0.717) is 33.0 Å². The zero-order valence-electron chi connectivity index (χ0n) is 28.3. The minimum absolute atomic E-state index is 0.169. The minimum Gasteiger partial charge on any atom is -0.494 e. The molecule has 3 aromatic carbocycles. The van der Waals surface area contributed by atoms with Crippen LogP contribution in [0.15, 0.2) is 94.2 Å². The highest BCUT2D eigenvalue weighted by Crippen LogP contribution is 2.36. The molecule has 5 aromatic rings. The van der Waals surface area contributed by atoms with E-state index in [-0.39, 0.29) is 17.7 Å². The quantitative estimate of drug-likeness (QED) is 0.182. The van der Waals surface area contributed by atoms with Gasteiger partial charge in [0.2, 0.25) is 0 Å². The second-order valence-corrected chi connectivity index (χ2v) is 12.5. The Labute approximate surface area is 288 Å². The number of hydrogen-bond acceptors (Lipinski definition) is 8. The SMILES string of the molecule is CCOC(=O)C1=C(c2ccccc2)N=c2s/c(=C\c3cc(C)n(-c4cccc(C(=O)OC)c4C)c3C)c(=O)n2[C@H]1c1ccc(OCC)cc1. The molecule has 3 heterocycles. The Morgan fingerprint density at radius 2 is 1.65 bits per heavy atom. The Bertz CT molecular complexity index is 2280. The van der Waals surface area contributed by atoms with Crippen molar-refractivity contribution >= 4 is 35.0 Å². The van der Waals surface area contributed by atoms with Gasteiger partial charge in [-0.05, 0) is 87.7 Å². The zero-order valence-corrected chi connectivity index (χ0v) is 29.1. The summed E-state index contributed by atoms with van der Waals surface area (Å²) in [4.78, 5) is 46.1. The summed E-state index contributed by atoms with van der Waals surface area (Å²) < 4.78 is 20.4. The maximum Gasteiger partial charge on any atom is 0.338 e. The number of esters is 2. The fourth-order valence-corrected chi connectivity index (χ4v) is 7.30. The van der Waals surface area contributed by atoms with Crippen molar-refractivity contribution in [2.24, 2.45) is 4.99 Å². The molecule has 10 heteroatoms. The Hall–Kier alpha value is -5.48. The van der Waals surface area contributed by atoms with Gasteiger partial charge in [-0.3, -0.25) is 9.36 Å². The molecular formula is C39H37N3O6S. The Kier molecular flexibility index (Phi) is 9.51. The second-order valence-electron chi connectivity index (χ2n) is 11.5. The van der Waals surface area contributed by atoms with E-state index in [2.05, 4.69) is 4.57 Å². The van der Waals surface area contributed by atoms with Gasteiger partial charge in [-0.15, -0.1) is 0 Å². The lowest BCUT2D eigenvalue weighted by Crippen LogP contribution is -2.40. The standard InChI is InChI=1S/C39H37N3O6S/c1-7-47-29-19-17-27(18-20-29)35-33(38(45)48-8-2)34(26-13-10-9-11-14-26)40-39-42(35)36(43)32(49-39)22-28-21-23(3)41(25(28)5)31-16-12-15-30(24(31)4)37(44)46-6/h9-22,35H,7-8H2,1-6H3/b32-22-/t35-/m0/s1. The van der Waals surface area contributed by atoms with Crippen molar-refractivity contribution in [3.8, 4) is 11.4 Å². The minimum atomic E-state index is -0.792. The van der Waals surface area contributed by atoms with Gasteiger partial charge < -0.3 is 18.8 Å². The van der Waals surface area contributed by atoms with Crippen molar-refractivity contribution < 1.29 is 23.8 Å². The van der Waals surface area contributed by atoms with Crippen LogP contribution < -0.4 is 19.6 Å². The zero-order chi connectivity index (χ0) is 34.8. The summed E-state index contributed by atoms with van der Waals surface area (Å²) in [6.07, 6.45) is 1.87. The van der Waals surface area contributed by atoms with E-state index in [0.717, 1.165) is 39.3 Å². The highest BCUT2D eigenvalue weighted by atomic mass is 32.1. The molecule has 0 amide bonds. The third-order valence-electron chi connectivity index (χ3n) is 8.59. The third-order valence-corrected chi connectivity index (χ3v) is 9.57. The average Bonchev–Trinajstić information content (AvgIpc) is 3.57. The van der Waals surface area contributed by atoms with Crippen LogP contribution in [0.3, 0.4) is 0 Å². The molecular weight excluding hydrogens is 639 g/mol. The first-order valence-corrected chi connectivity index (χ1v) is 16.9. The fraction of sp³-hybridized carbons (Fsp3) is 0.231.